The van der Waals surface area contributed by atoms with Crippen LogP contribution in [0.5, 0.6) is 0 Å². The van der Waals surface area contributed by atoms with E-state index in [1.54, 1.807) is 18.2 Å². The predicted octanol–water partition coefficient (Wildman–Crippen LogP) is 1.09. The van der Waals surface area contributed by atoms with E-state index in [1.807, 2.05) is 6.07 Å². The van der Waals surface area contributed by atoms with Crippen LogP contribution in [0.15, 0.2) is 29.2 Å². The second kappa shape index (κ2) is 5.11. The molecule has 1 aliphatic carbocycles. The lowest BCUT2D eigenvalue weighted by molar-refractivity contribution is 0.520. The molecule has 0 aliphatic heterocycles. The van der Waals surface area contributed by atoms with Crippen molar-refractivity contribution in [3.63, 3.8) is 0 Å². The molecule has 0 bridgehead atoms. The van der Waals surface area contributed by atoms with E-state index in [2.05, 4.69) is 5.32 Å². The van der Waals surface area contributed by atoms with Gasteiger partial charge in [0.25, 0.3) is 0 Å². The fourth-order valence-corrected chi connectivity index (χ4v) is 3.01. The van der Waals surface area contributed by atoms with Crippen molar-refractivity contribution in [2.45, 2.75) is 17.7 Å². The number of nitrogens with one attached hydrogen (secondary N) is 1. The standard InChI is InChI=1S/C13H21N3O2S/c1-16(2)19(17,18)12-6-4-3-5-11(12)15-10-13(9-14)7-8-13/h3-6,15H,7-10,14H2,1-2H3. The van der Waals surface area contributed by atoms with E-state index in [4.69, 9.17) is 5.73 Å². The summed E-state index contributed by atoms with van der Waals surface area (Å²) in [6.45, 7) is 1.37. The smallest absolute Gasteiger partial charge is 0.244 e. The molecule has 0 aromatic heterocycles. The molecular formula is C13H21N3O2S. The second-order valence-corrected chi connectivity index (χ2v) is 7.46. The van der Waals surface area contributed by atoms with Gasteiger partial charge in [-0.25, -0.2) is 12.7 Å². The van der Waals surface area contributed by atoms with Crippen LogP contribution in [0.4, 0.5) is 5.69 Å². The van der Waals surface area contributed by atoms with E-state index in [9.17, 15) is 8.42 Å². The van der Waals surface area contributed by atoms with Gasteiger partial charge in [0.05, 0.1) is 5.69 Å². The molecule has 1 saturated carbocycles. The normalized spacial score (nSPS) is 17.5. The van der Waals surface area contributed by atoms with Gasteiger partial charge in [0, 0.05) is 20.6 Å². The zero-order valence-corrected chi connectivity index (χ0v) is 12.2. The lowest BCUT2D eigenvalue weighted by Crippen LogP contribution is -2.26. The van der Waals surface area contributed by atoms with Crippen LogP contribution in [0.1, 0.15) is 12.8 Å². The van der Waals surface area contributed by atoms with E-state index in [0.29, 0.717) is 17.1 Å². The minimum atomic E-state index is -3.42. The topological polar surface area (TPSA) is 75.4 Å². The number of rotatable bonds is 6. The SMILES string of the molecule is CN(C)S(=O)(=O)c1ccccc1NCC1(CN)CC1. The number of hydrogen-bond acceptors (Lipinski definition) is 4. The molecule has 5 nitrogen and oxygen atoms in total. The van der Waals surface area contributed by atoms with Crippen molar-refractivity contribution in [2.24, 2.45) is 11.1 Å². The first-order chi connectivity index (χ1) is 8.91. The summed E-state index contributed by atoms with van der Waals surface area (Å²) >= 11 is 0. The van der Waals surface area contributed by atoms with Crippen molar-refractivity contribution in [3.05, 3.63) is 24.3 Å². The second-order valence-electron chi connectivity index (χ2n) is 5.34. The highest BCUT2D eigenvalue weighted by Crippen LogP contribution is 2.44. The van der Waals surface area contributed by atoms with Crippen LogP contribution >= 0.6 is 0 Å². The lowest BCUT2D eigenvalue weighted by Gasteiger charge is -2.19. The van der Waals surface area contributed by atoms with Crippen molar-refractivity contribution in [1.29, 1.82) is 0 Å². The molecule has 1 fully saturated rings. The van der Waals surface area contributed by atoms with E-state index < -0.39 is 10.0 Å². The Hall–Kier alpha value is -1.11. The minimum absolute atomic E-state index is 0.162. The number of benzene rings is 1. The highest BCUT2D eigenvalue weighted by Gasteiger charge is 2.41. The van der Waals surface area contributed by atoms with Gasteiger partial charge in [-0.3, -0.25) is 0 Å². The van der Waals surface area contributed by atoms with Gasteiger partial charge in [0.1, 0.15) is 4.90 Å². The monoisotopic (exact) mass is 283 g/mol. The third kappa shape index (κ3) is 2.91. The zero-order valence-electron chi connectivity index (χ0n) is 11.4. The van der Waals surface area contributed by atoms with E-state index >= 15 is 0 Å². The fraction of sp³-hybridized carbons (Fsp3) is 0.538. The Morgan fingerprint density at radius 2 is 1.95 bits per heavy atom. The molecule has 0 radical (unpaired) electrons. The van der Waals surface area contributed by atoms with Gasteiger partial charge >= 0.3 is 0 Å². The summed E-state index contributed by atoms with van der Waals surface area (Å²) in [5.74, 6) is 0. The zero-order chi connectivity index (χ0) is 14.1. The molecule has 0 unspecified atom stereocenters. The molecular weight excluding hydrogens is 262 g/mol. The van der Waals surface area contributed by atoms with E-state index in [1.165, 1.54) is 18.4 Å². The summed E-state index contributed by atoms with van der Waals surface area (Å²) in [5.41, 5.74) is 6.55. The summed E-state index contributed by atoms with van der Waals surface area (Å²) in [7, 11) is -0.350. The molecule has 3 N–H and O–H groups in total. The molecule has 19 heavy (non-hydrogen) atoms. The summed E-state index contributed by atoms with van der Waals surface area (Å²) in [6.07, 6.45) is 2.22. The number of hydrogen-bond donors (Lipinski definition) is 2. The summed E-state index contributed by atoms with van der Waals surface area (Å²) < 4.78 is 25.7. The molecule has 106 valence electrons. The third-order valence-corrected chi connectivity index (χ3v) is 5.56. The Morgan fingerprint density at radius 3 is 2.47 bits per heavy atom. The average Bonchev–Trinajstić information content (AvgIpc) is 3.17. The molecule has 0 atom stereocenters. The summed E-state index contributed by atoms with van der Waals surface area (Å²) in [6, 6.07) is 6.99. The Kier molecular flexibility index (Phi) is 3.85. The van der Waals surface area contributed by atoms with Crippen LogP contribution in [0, 0.1) is 5.41 Å². The average molecular weight is 283 g/mol. The van der Waals surface area contributed by atoms with Gasteiger partial charge in [-0.05, 0) is 36.9 Å². The number of nitrogens with two attached hydrogens (primary N) is 1. The Bertz CT molecular complexity index is 551. The lowest BCUT2D eigenvalue weighted by atomic mass is 10.1. The van der Waals surface area contributed by atoms with Gasteiger partial charge in [0.2, 0.25) is 10.0 Å². The van der Waals surface area contributed by atoms with Gasteiger partial charge in [0.15, 0.2) is 0 Å². The molecule has 1 aliphatic rings. The molecule has 0 amide bonds. The van der Waals surface area contributed by atoms with E-state index in [-0.39, 0.29) is 5.41 Å². The highest BCUT2D eigenvalue weighted by atomic mass is 32.2. The van der Waals surface area contributed by atoms with Crippen LogP contribution in [-0.4, -0.2) is 39.9 Å². The Balaban J connectivity index is 2.22. The molecule has 0 heterocycles. The van der Waals surface area contributed by atoms with Crippen LogP contribution in [0.2, 0.25) is 0 Å². The van der Waals surface area contributed by atoms with Gasteiger partial charge in [-0.15, -0.1) is 0 Å². The first kappa shape index (κ1) is 14.3. The molecule has 0 spiro atoms. The van der Waals surface area contributed by atoms with E-state index in [0.717, 1.165) is 19.4 Å². The van der Waals surface area contributed by atoms with Crippen molar-refractivity contribution in [3.8, 4) is 0 Å². The molecule has 1 aromatic carbocycles. The Morgan fingerprint density at radius 1 is 1.32 bits per heavy atom. The van der Waals surface area contributed by atoms with Crippen molar-refractivity contribution >= 4 is 15.7 Å². The van der Waals surface area contributed by atoms with Crippen LogP contribution in [-0.2, 0) is 10.0 Å². The Labute approximate surface area is 114 Å². The van der Waals surface area contributed by atoms with Crippen LogP contribution in [0.25, 0.3) is 0 Å². The highest BCUT2D eigenvalue weighted by molar-refractivity contribution is 7.89. The van der Waals surface area contributed by atoms with Gasteiger partial charge in [-0.1, -0.05) is 12.1 Å². The maximum Gasteiger partial charge on any atom is 0.244 e. The quantitative estimate of drug-likeness (QED) is 0.819. The molecule has 2 rings (SSSR count). The molecule has 0 saturated heterocycles. The van der Waals surface area contributed by atoms with Gasteiger partial charge < -0.3 is 11.1 Å². The molecule has 6 heteroatoms. The third-order valence-electron chi connectivity index (χ3n) is 3.69. The fourth-order valence-electron chi connectivity index (χ4n) is 1.95. The number of para-hydroxylation sites is 1. The van der Waals surface area contributed by atoms with Crippen LogP contribution in [0.3, 0.4) is 0 Å². The van der Waals surface area contributed by atoms with Crippen molar-refractivity contribution in [2.75, 3.05) is 32.5 Å². The van der Waals surface area contributed by atoms with Crippen molar-refractivity contribution in [1.82, 2.24) is 4.31 Å². The number of nitrogens with zero attached hydrogens (tertiary/aromatic N) is 1. The van der Waals surface area contributed by atoms with Gasteiger partial charge in [-0.2, -0.15) is 0 Å². The maximum absolute atomic E-state index is 12.2. The first-order valence-electron chi connectivity index (χ1n) is 6.37. The van der Waals surface area contributed by atoms with Crippen LogP contribution < -0.4 is 11.1 Å². The summed E-state index contributed by atoms with van der Waals surface area (Å²) in [4.78, 5) is 0.313. The number of sulfonamides is 1. The largest absolute Gasteiger partial charge is 0.383 e. The minimum Gasteiger partial charge on any atom is -0.383 e. The number of anilines is 1. The van der Waals surface area contributed by atoms with Crippen molar-refractivity contribution < 1.29 is 8.42 Å². The molecule has 1 aromatic rings. The predicted molar refractivity (Wildman–Crippen MR) is 76.5 cm³/mol. The first-order valence-corrected chi connectivity index (χ1v) is 7.81. The maximum atomic E-state index is 12.2. The summed E-state index contributed by atoms with van der Waals surface area (Å²) in [5, 5.41) is 3.24.